The molecule has 190 valence electrons. The van der Waals surface area contributed by atoms with Crippen LogP contribution in [0.5, 0.6) is 17.2 Å². The van der Waals surface area contributed by atoms with E-state index in [1.807, 2.05) is 0 Å². The lowest BCUT2D eigenvalue weighted by Gasteiger charge is -2.20. The summed E-state index contributed by atoms with van der Waals surface area (Å²) in [5.41, 5.74) is 1.48. The van der Waals surface area contributed by atoms with E-state index in [0.29, 0.717) is 29.2 Å². The van der Waals surface area contributed by atoms with Gasteiger partial charge in [-0.15, -0.1) is 0 Å². The van der Waals surface area contributed by atoms with E-state index >= 15 is 0 Å². The highest BCUT2D eigenvalue weighted by atomic mass is 32.2. The summed E-state index contributed by atoms with van der Waals surface area (Å²) in [4.78, 5) is 12.5. The van der Waals surface area contributed by atoms with Crippen LogP contribution in [0, 0.1) is 23.6 Å². The first-order chi connectivity index (χ1) is 16.5. The van der Waals surface area contributed by atoms with Gasteiger partial charge in [0.25, 0.3) is 0 Å². The van der Waals surface area contributed by atoms with Gasteiger partial charge < -0.3 is 19.5 Å². The summed E-state index contributed by atoms with van der Waals surface area (Å²) in [6.07, 6.45) is 1.47. The molecular weight excluding hydrogens is 475 g/mol. The Morgan fingerprint density at radius 2 is 1.69 bits per heavy atom. The van der Waals surface area contributed by atoms with Crippen molar-refractivity contribution in [2.24, 2.45) is 5.92 Å². The van der Waals surface area contributed by atoms with Crippen molar-refractivity contribution < 1.29 is 31.8 Å². The van der Waals surface area contributed by atoms with Gasteiger partial charge in [-0.1, -0.05) is 25.7 Å². The summed E-state index contributed by atoms with van der Waals surface area (Å²) < 4.78 is 55.1. The second-order valence-corrected chi connectivity index (χ2v) is 9.86. The molecule has 0 fully saturated rings. The van der Waals surface area contributed by atoms with Crippen LogP contribution in [0.2, 0.25) is 0 Å². The number of rotatable bonds is 11. The predicted octanol–water partition coefficient (Wildman–Crippen LogP) is 2.51. The minimum atomic E-state index is -3.52. The third-order valence-electron chi connectivity index (χ3n) is 4.89. The summed E-state index contributed by atoms with van der Waals surface area (Å²) in [6.45, 7) is 3.87. The number of hydrogen-bond donors (Lipinski definition) is 2. The molecule has 0 heterocycles. The van der Waals surface area contributed by atoms with Gasteiger partial charge in [0, 0.05) is 12.1 Å². The minimum Gasteiger partial charge on any atom is -0.493 e. The SMILES string of the molecule is COc1cc(CCNC(=O)C(NS(C)(=O)=O)C(C)C)cc(OC)c1OCC#Cc1ccc(F)cc1. The average Bonchev–Trinajstić information content (AvgIpc) is 2.80. The van der Waals surface area contributed by atoms with Crippen molar-refractivity contribution in [2.75, 3.05) is 33.6 Å². The van der Waals surface area contributed by atoms with Crippen molar-refractivity contribution >= 4 is 15.9 Å². The lowest BCUT2D eigenvalue weighted by atomic mass is 10.0. The van der Waals surface area contributed by atoms with E-state index in [0.717, 1.165) is 11.8 Å². The first-order valence-electron chi connectivity index (χ1n) is 10.9. The number of halogens is 1. The van der Waals surface area contributed by atoms with Gasteiger partial charge in [-0.25, -0.2) is 17.5 Å². The van der Waals surface area contributed by atoms with Crippen LogP contribution < -0.4 is 24.2 Å². The molecular formula is C25H31FN2O6S. The summed E-state index contributed by atoms with van der Waals surface area (Å²) >= 11 is 0. The largest absolute Gasteiger partial charge is 0.493 e. The molecule has 0 aliphatic rings. The molecule has 0 radical (unpaired) electrons. The highest BCUT2D eigenvalue weighted by Gasteiger charge is 2.25. The van der Waals surface area contributed by atoms with Gasteiger partial charge in [0.15, 0.2) is 11.5 Å². The number of methoxy groups -OCH3 is 2. The Morgan fingerprint density at radius 1 is 1.09 bits per heavy atom. The summed E-state index contributed by atoms with van der Waals surface area (Å²) in [5, 5.41) is 2.77. The van der Waals surface area contributed by atoms with Crippen LogP contribution in [-0.2, 0) is 21.2 Å². The number of benzene rings is 2. The average molecular weight is 507 g/mol. The molecule has 2 aromatic rings. The standard InChI is InChI=1S/C25H31FN2O6S/c1-17(2)23(28-35(5,30)31)25(29)27-13-12-19-15-21(32-3)24(22(16-19)33-4)34-14-6-7-18-8-10-20(26)11-9-18/h8-11,15-17,23,28H,12-14H2,1-5H3,(H,27,29). The van der Waals surface area contributed by atoms with Crippen molar-refractivity contribution in [3.63, 3.8) is 0 Å². The third kappa shape index (κ3) is 9.11. The molecule has 2 N–H and O–H groups in total. The molecule has 1 unspecified atom stereocenters. The summed E-state index contributed by atoms with van der Waals surface area (Å²) in [6, 6.07) is 8.51. The first-order valence-corrected chi connectivity index (χ1v) is 12.8. The molecule has 0 bridgehead atoms. The van der Waals surface area contributed by atoms with Gasteiger partial charge >= 0.3 is 0 Å². The molecule has 0 aliphatic carbocycles. The van der Waals surface area contributed by atoms with Crippen molar-refractivity contribution in [1.82, 2.24) is 10.0 Å². The van der Waals surface area contributed by atoms with E-state index in [1.54, 1.807) is 38.1 Å². The molecule has 2 aromatic carbocycles. The Hall–Kier alpha value is -3.29. The zero-order valence-electron chi connectivity index (χ0n) is 20.5. The predicted molar refractivity (Wildman–Crippen MR) is 132 cm³/mol. The summed E-state index contributed by atoms with van der Waals surface area (Å²) in [5.74, 6) is 6.08. The van der Waals surface area contributed by atoms with Crippen molar-refractivity contribution in [3.8, 4) is 29.1 Å². The number of sulfonamides is 1. The minimum absolute atomic E-state index is 0.0590. The van der Waals surface area contributed by atoms with Crippen LogP contribution in [0.15, 0.2) is 36.4 Å². The molecule has 1 atom stereocenters. The van der Waals surface area contributed by atoms with Crippen LogP contribution in [-0.4, -0.2) is 54.0 Å². The molecule has 10 heteroatoms. The number of ether oxygens (including phenoxy) is 3. The first kappa shape index (κ1) is 28.0. The maximum absolute atomic E-state index is 13.0. The highest BCUT2D eigenvalue weighted by Crippen LogP contribution is 2.38. The van der Waals surface area contributed by atoms with Crippen molar-refractivity contribution in [2.45, 2.75) is 26.3 Å². The van der Waals surface area contributed by atoms with Crippen LogP contribution in [0.1, 0.15) is 25.0 Å². The Kier molecular flexibility index (Phi) is 10.4. The molecule has 0 aromatic heterocycles. The van der Waals surface area contributed by atoms with E-state index in [1.165, 1.54) is 26.4 Å². The van der Waals surface area contributed by atoms with E-state index < -0.39 is 22.0 Å². The second kappa shape index (κ2) is 13.0. The van der Waals surface area contributed by atoms with Crippen LogP contribution in [0.25, 0.3) is 0 Å². The fraction of sp³-hybridized carbons (Fsp3) is 0.400. The fourth-order valence-corrected chi connectivity index (χ4v) is 4.00. The van der Waals surface area contributed by atoms with Crippen LogP contribution in [0.4, 0.5) is 4.39 Å². The molecule has 0 saturated heterocycles. The van der Waals surface area contributed by atoms with Gasteiger partial charge in [-0.3, -0.25) is 4.79 Å². The zero-order valence-corrected chi connectivity index (χ0v) is 21.3. The lowest BCUT2D eigenvalue weighted by Crippen LogP contribution is -2.49. The van der Waals surface area contributed by atoms with Crippen LogP contribution >= 0.6 is 0 Å². The monoisotopic (exact) mass is 506 g/mol. The Balaban J connectivity index is 2.04. The van der Waals surface area contributed by atoms with Gasteiger partial charge in [0.05, 0.1) is 20.5 Å². The molecule has 0 spiro atoms. The second-order valence-electron chi connectivity index (χ2n) is 8.08. The van der Waals surface area contributed by atoms with Gasteiger partial charge in [0.2, 0.25) is 21.7 Å². The maximum atomic E-state index is 13.0. The number of hydrogen-bond acceptors (Lipinski definition) is 6. The normalized spacial score (nSPS) is 11.9. The number of carbonyl (C=O) groups is 1. The fourth-order valence-electron chi connectivity index (χ4n) is 3.16. The van der Waals surface area contributed by atoms with E-state index in [4.69, 9.17) is 14.2 Å². The van der Waals surface area contributed by atoms with Gasteiger partial charge in [0.1, 0.15) is 18.5 Å². The number of nitrogens with one attached hydrogen (secondary N) is 2. The molecule has 0 saturated carbocycles. The van der Waals surface area contributed by atoms with Crippen LogP contribution in [0.3, 0.4) is 0 Å². The molecule has 2 rings (SSSR count). The third-order valence-corrected chi connectivity index (χ3v) is 5.57. The van der Waals surface area contributed by atoms with Gasteiger partial charge in [-0.2, -0.15) is 0 Å². The van der Waals surface area contributed by atoms with E-state index in [2.05, 4.69) is 21.9 Å². The molecule has 35 heavy (non-hydrogen) atoms. The smallest absolute Gasteiger partial charge is 0.238 e. The Labute approximate surface area is 206 Å². The Morgan fingerprint density at radius 3 is 2.20 bits per heavy atom. The highest BCUT2D eigenvalue weighted by molar-refractivity contribution is 7.88. The molecule has 8 nitrogen and oxygen atoms in total. The lowest BCUT2D eigenvalue weighted by molar-refractivity contribution is -0.123. The quantitative estimate of drug-likeness (QED) is 0.454. The topological polar surface area (TPSA) is 103 Å². The van der Waals surface area contributed by atoms with E-state index in [9.17, 15) is 17.6 Å². The zero-order chi connectivity index (χ0) is 26.0. The maximum Gasteiger partial charge on any atom is 0.238 e. The molecule has 0 aliphatic heterocycles. The number of carbonyl (C=O) groups excluding carboxylic acids is 1. The van der Waals surface area contributed by atoms with Gasteiger partial charge in [-0.05, 0) is 54.3 Å². The van der Waals surface area contributed by atoms with Crippen molar-refractivity contribution in [1.29, 1.82) is 0 Å². The van der Waals surface area contributed by atoms with E-state index in [-0.39, 0.29) is 24.9 Å². The summed E-state index contributed by atoms with van der Waals surface area (Å²) in [7, 11) is -0.520. The molecule has 1 amide bonds. The van der Waals surface area contributed by atoms with Crippen molar-refractivity contribution in [3.05, 3.63) is 53.3 Å². The number of amides is 1. The Bertz CT molecular complexity index is 1150.